The largest absolute Gasteiger partial charge is 0.344 e. The van der Waals surface area contributed by atoms with Crippen molar-refractivity contribution in [2.75, 3.05) is 12.4 Å². The molecule has 5 aliphatic rings. The molecule has 130 valence electrons. The summed E-state index contributed by atoms with van der Waals surface area (Å²) in [7, 11) is 0. The van der Waals surface area contributed by atoms with E-state index < -0.39 is 5.79 Å². The predicted molar refractivity (Wildman–Crippen MR) is 93.5 cm³/mol. The molecule has 1 aliphatic heterocycles. The van der Waals surface area contributed by atoms with Crippen LogP contribution in [0.2, 0.25) is 0 Å². The molecule has 5 fully saturated rings. The first-order chi connectivity index (χ1) is 11.7. The van der Waals surface area contributed by atoms with Gasteiger partial charge in [-0.1, -0.05) is 18.2 Å². The minimum Gasteiger partial charge on any atom is -0.344 e. The Labute approximate surface area is 148 Å². The minimum atomic E-state index is -0.440. The smallest absolute Gasteiger partial charge is 0.207 e. The number of ether oxygens (including phenoxy) is 1. The van der Waals surface area contributed by atoms with E-state index in [0.717, 1.165) is 17.6 Å². The van der Waals surface area contributed by atoms with E-state index in [1.54, 1.807) is 11.8 Å². The summed E-state index contributed by atoms with van der Waals surface area (Å²) >= 11 is 1.80. The van der Waals surface area contributed by atoms with Crippen LogP contribution in [0.15, 0.2) is 35.2 Å². The summed E-state index contributed by atoms with van der Waals surface area (Å²) in [6, 6.07) is 10.5. The van der Waals surface area contributed by atoms with Crippen molar-refractivity contribution in [2.24, 2.45) is 23.7 Å². The number of rotatable bonds is 3. The average Bonchev–Trinajstić information content (AvgIpc) is 2.60. The molecule has 3 nitrogen and oxygen atoms in total. The number of hydrogen-bond acceptors (Lipinski definition) is 4. The zero-order chi connectivity index (χ0) is 16.2. The fourth-order valence-corrected chi connectivity index (χ4v) is 6.46. The molecule has 0 radical (unpaired) electrons. The van der Waals surface area contributed by atoms with Crippen LogP contribution in [-0.2, 0) is 14.5 Å². The van der Waals surface area contributed by atoms with Crippen molar-refractivity contribution in [3.8, 4) is 0 Å². The summed E-state index contributed by atoms with van der Waals surface area (Å²) in [4.78, 5) is 13.4. The molecule has 1 atom stereocenters. The molecule has 1 aromatic carbocycles. The summed E-state index contributed by atoms with van der Waals surface area (Å²) in [6.07, 6.45) is 6.52. The molecule has 1 heterocycles. The van der Waals surface area contributed by atoms with E-state index in [2.05, 4.69) is 31.2 Å². The van der Waals surface area contributed by atoms with Crippen LogP contribution < -0.4 is 0 Å². The second-order valence-electron chi connectivity index (χ2n) is 8.53. The van der Waals surface area contributed by atoms with E-state index in [1.165, 1.54) is 37.0 Å². The lowest BCUT2D eigenvalue weighted by molar-refractivity contribution is -0.540. The molecule has 4 aliphatic carbocycles. The summed E-state index contributed by atoms with van der Waals surface area (Å²) in [5, 5.41) is 0. The quantitative estimate of drug-likeness (QED) is 0.587. The fraction of sp³-hybridized carbons (Fsp3) is 0.700. The number of thioether (sulfide) groups is 1. The van der Waals surface area contributed by atoms with Gasteiger partial charge in [0.1, 0.15) is 5.60 Å². The van der Waals surface area contributed by atoms with Crippen molar-refractivity contribution in [3.63, 3.8) is 0 Å². The highest BCUT2D eigenvalue weighted by molar-refractivity contribution is 7.99. The molecular formula is C20H26O3S. The SMILES string of the molecule is CC1(CSc2ccccc2)COC2(OO1)C1CC3CC(C1)CC2C3. The standard InChI is InChI=1S/C20H26O3S/c1-19(13-24-18-5-3-2-4-6-18)12-21-20(23-22-19)16-8-14-7-15(10-16)11-17(20)9-14/h2-6,14-17H,7-13H2,1H3. The topological polar surface area (TPSA) is 27.7 Å². The molecule has 4 heteroatoms. The van der Waals surface area contributed by atoms with E-state index in [-0.39, 0.29) is 5.60 Å². The number of hydrogen-bond donors (Lipinski definition) is 0. The van der Waals surface area contributed by atoms with Crippen molar-refractivity contribution >= 4 is 11.8 Å². The van der Waals surface area contributed by atoms with Gasteiger partial charge in [-0.3, -0.25) is 0 Å². The van der Waals surface area contributed by atoms with Gasteiger partial charge in [-0.25, -0.2) is 4.89 Å². The van der Waals surface area contributed by atoms with Gasteiger partial charge in [0.05, 0.1) is 6.61 Å². The van der Waals surface area contributed by atoms with E-state index >= 15 is 0 Å². The highest BCUT2D eigenvalue weighted by atomic mass is 32.2. The van der Waals surface area contributed by atoms with Crippen molar-refractivity contribution in [1.29, 1.82) is 0 Å². The maximum absolute atomic E-state index is 6.49. The Balaban J connectivity index is 1.25. The van der Waals surface area contributed by atoms with Gasteiger partial charge in [-0.2, -0.15) is 4.89 Å². The van der Waals surface area contributed by atoms with Crippen LogP contribution in [0.4, 0.5) is 0 Å². The molecule has 0 aromatic heterocycles. The Kier molecular flexibility index (Phi) is 3.75. The third-order valence-corrected chi connectivity index (χ3v) is 7.90. The van der Waals surface area contributed by atoms with Gasteiger partial charge in [-0.05, 0) is 63.0 Å². The van der Waals surface area contributed by atoms with Crippen LogP contribution in [0, 0.1) is 23.7 Å². The van der Waals surface area contributed by atoms with Crippen molar-refractivity contribution in [2.45, 2.75) is 55.3 Å². The third kappa shape index (κ3) is 2.54. The summed E-state index contributed by atoms with van der Waals surface area (Å²) in [5.41, 5.74) is -0.375. The van der Waals surface area contributed by atoms with Gasteiger partial charge in [0.25, 0.3) is 0 Å². The lowest BCUT2D eigenvalue weighted by Crippen LogP contribution is -2.65. The fourth-order valence-electron chi connectivity index (χ4n) is 5.51. The maximum Gasteiger partial charge on any atom is 0.207 e. The molecule has 1 aromatic rings. The zero-order valence-corrected chi connectivity index (χ0v) is 15.1. The Morgan fingerprint density at radius 3 is 2.21 bits per heavy atom. The molecular weight excluding hydrogens is 320 g/mol. The van der Waals surface area contributed by atoms with Crippen LogP contribution in [0.1, 0.15) is 39.0 Å². The Bertz CT molecular complexity index is 564. The first-order valence-corrected chi connectivity index (χ1v) is 10.3. The summed E-state index contributed by atoms with van der Waals surface area (Å²) in [6.45, 7) is 2.74. The average molecular weight is 346 g/mol. The molecule has 4 bridgehead atoms. The predicted octanol–water partition coefficient (Wildman–Crippen LogP) is 4.67. The second kappa shape index (κ2) is 5.73. The molecule has 0 N–H and O–H groups in total. The van der Waals surface area contributed by atoms with Gasteiger partial charge < -0.3 is 4.74 Å². The number of benzene rings is 1. The molecule has 1 saturated heterocycles. The molecule has 6 rings (SSSR count). The van der Waals surface area contributed by atoms with Crippen molar-refractivity contribution in [1.82, 2.24) is 0 Å². The maximum atomic E-state index is 6.49. The van der Waals surface area contributed by atoms with Gasteiger partial charge in [0.15, 0.2) is 0 Å². The van der Waals surface area contributed by atoms with E-state index in [4.69, 9.17) is 14.5 Å². The first kappa shape index (κ1) is 15.7. The van der Waals surface area contributed by atoms with E-state index in [0.29, 0.717) is 18.4 Å². The molecule has 1 unspecified atom stereocenters. The second-order valence-corrected chi connectivity index (χ2v) is 9.58. The highest BCUT2D eigenvalue weighted by Crippen LogP contribution is 2.61. The normalized spacial score (nSPS) is 46.5. The van der Waals surface area contributed by atoms with Gasteiger partial charge >= 0.3 is 0 Å². The molecule has 0 amide bonds. The Morgan fingerprint density at radius 2 is 1.62 bits per heavy atom. The van der Waals surface area contributed by atoms with Crippen molar-refractivity contribution in [3.05, 3.63) is 30.3 Å². The van der Waals surface area contributed by atoms with Crippen LogP contribution >= 0.6 is 11.8 Å². The summed E-state index contributed by atoms with van der Waals surface area (Å²) < 4.78 is 6.49. The monoisotopic (exact) mass is 346 g/mol. The van der Waals surface area contributed by atoms with Crippen LogP contribution in [0.25, 0.3) is 0 Å². The van der Waals surface area contributed by atoms with Gasteiger partial charge in [0, 0.05) is 22.5 Å². The minimum absolute atomic E-state index is 0.375. The first-order valence-electron chi connectivity index (χ1n) is 9.34. The lowest BCUT2D eigenvalue weighted by atomic mass is 9.53. The molecule has 4 saturated carbocycles. The zero-order valence-electron chi connectivity index (χ0n) is 14.3. The van der Waals surface area contributed by atoms with Crippen LogP contribution in [0.3, 0.4) is 0 Å². The van der Waals surface area contributed by atoms with Crippen LogP contribution in [-0.4, -0.2) is 23.7 Å². The van der Waals surface area contributed by atoms with Crippen LogP contribution in [0.5, 0.6) is 0 Å². The van der Waals surface area contributed by atoms with E-state index in [9.17, 15) is 0 Å². The van der Waals surface area contributed by atoms with E-state index in [1.807, 2.05) is 6.07 Å². The lowest BCUT2D eigenvalue weighted by Gasteiger charge is -2.61. The highest BCUT2D eigenvalue weighted by Gasteiger charge is 2.62. The molecule has 24 heavy (non-hydrogen) atoms. The summed E-state index contributed by atoms with van der Waals surface area (Å²) in [5.74, 6) is 3.30. The Morgan fingerprint density at radius 1 is 0.958 bits per heavy atom. The Hall–Kier alpha value is -0.550. The van der Waals surface area contributed by atoms with Gasteiger partial charge in [-0.15, -0.1) is 11.8 Å². The molecule has 1 spiro atoms. The van der Waals surface area contributed by atoms with Gasteiger partial charge in [0.2, 0.25) is 5.79 Å². The third-order valence-electron chi connectivity index (χ3n) is 6.54. The van der Waals surface area contributed by atoms with Crippen molar-refractivity contribution < 1.29 is 14.5 Å².